The highest BCUT2D eigenvalue weighted by atomic mass is 19.4. The van der Waals surface area contributed by atoms with Gasteiger partial charge in [0.2, 0.25) is 0 Å². The van der Waals surface area contributed by atoms with Gasteiger partial charge in [-0.05, 0) is 18.2 Å². The summed E-state index contributed by atoms with van der Waals surface area (Å²) in [5, 5.41) is 0.330. The molecular weight excluding hydrogens is 274 g/mol. The Morgan fingerprint density at radius 1 is 1.05 bits per heavy atom. The number of aromatic amines is 1. The van der Waals surface area contributed by atoms with E-state index in [-0.39, 0.29) is 11.3 Å². The molecule has 0 spiro atoms. The molecule has 0 atom stereocenters. The van der Waals surface area contributed by atoms with Crippen molar-refractivity contribution in [3.05, 3.63) is 48.3 Å². The summed E-state index contributed by atoms with van der Waals surface area (Å²) in [5.41, 5.74) is -0.720. The van der Waals surface area contributed by atoms with Gasteiger partial charge in [-0.15, -0.1) is 0 Å². The number of alkyl halides is 3. The van der Waals surface area contributed by atoms with E-state index in [4.69, 9.17) is 0 Å². The Morgan fingerprint density at radius 2 is 1.80 bits per heavy atom. The average molecular weight is 281 g/mol. The van der Waals surface area contributed by atoms with Gasteiger partial charge >= 0.3 is 6.18 Å². The summed E-state index contributed by atoms with van der Waals surface area (Å²) in [6.07, 6.45) is -1.12. The summed E-state index contributed by atoms with van der Waals surface area (Å²) in [7, 11) is 0. The number of benzene rings is 1. The van der Waals surface area contributed by atoms with Crippen molar-refractivity contribution in [2.24, 2.45) is 0 Å². The van der Waals surface area contributed by atoms with E-state index < -0.39 is 17.7 Å². The number of H-pyrrole nitrogens is 1. The maximum absolute atomic E-state index is 13.3. The van der Waals surface area contributed by atoms with Gasteiger partial charge in [0.05, 0.1) is 0 Å². The molecule has 0 fully saturated rings. The lowest BCUT2D eigenvalue weighted by atomic mass is 10.1. The number of nitrogens with zero attached hydrogens (tertiary/aromatic N) is 2. The summed E-state index contributed by atoms with van der Waals surface area (Å²) in [6, 6.07) is 3.84. The second kappa shape index (κ2) is 4.29. The van der Waals surface area contributed by atoms with Crippen molar-refractivity contribution in [1.29, 1.82) is 0 Å². The number of fused-ring (bicyclic) bond motifs is 1. The molecule has 0 aliphatic rings. The van der Waals surface area contributed by atoms with Crippen molar-refractivity contribution < 1.29 is 17.6 Å². The van der Waals surface area contributed by atoms with Crippen molar-refractivity contribution in [3.8, 4) is 11.3 Å². The van der Waals surface area contributed by atoms with Crippen LogP contribution >= 0.6 is 0 Å². The third-order valence-electron chi connectivity index (χ3n) is 2.87. The minimum Gasteiger partial charge on any atom is -0.360 e. The molecule has 3 nitrogen and oxygen atoms in total. The molecule has 0 radical (unpaired) electrons. The normalized spacial score (nSPS) is 12.0. The van der Waals surface area contributed by atoms with Crippen LogP contribution in [0.3, 0.4) is 0 Å². The van der Waals surface area contributed by atoms with Gasteiger partial charge in [-0.1, -0.05) is 0 Å². The number of hydrogen-bond acceptors (Lipinski definition) is 2. The van der Waals surface area contributed by atoms with Crippen LogP contribution in [-0.4, -0.2) is 15.0 Å². The monoisotopic (exact) mass is 281 g/mol. The quantitative estimate of drug-likeness (QED) is 0.690. The van der Waals surface area contributed by atoms with Gasteiger partial charge < -0.3 is 4.98 Å². The molecule has 102 valence electrons. The predicted molar refractivity (Wildman–Crippen MR) is 64.3 cm³/mol. The maximum atomic E-state index is 13.3. The summed E-state index contributed by atoms with van der Waals surface area (Å²) in [4.78, 5) is 9.87. The van der Waals surface area contributed by atoms with Crippen LogP contribution in [0, 0.1) is 5.82 Å². The van der Waals surface area contributed by atoms with Crippen LogP contribution in [0.1, 0.15) is 5.69 Å². The highest BCUT2D eigenvalue weighted by Crippen LogP contribution is 2.36. The van der Waals surface area contributed by atoms with Gasteiger partial charge in [-0.2, -0.15) is 13.2 Å². The van der Waals surface area contributed by atoms with E-state index in [1.54, 1.807) is 0 Å². The standard InChI is InChI=1S/C13H7F4N3/c14-7-1-2-10-8(5-7)9(6-20-10)11-12(13(15,16)17)19-4-3-18-11/h1-6,20H. The maximum Gasteiger partial charge on any atom is 0.435 e. The van der Waals surface area contributed by atoms with E-state index in [1.807, 2.05) is 0 Å². The van der Waals surface area contributed by atoms with Gasteiger partial charge in [-0.25, -0.2) is 9.37 Å². The van der Waals surface area contributed by atoms with E-state index >= 15 is 0 Å². The Hall–Kier alpha value is -2.44. The molecule has 0 unspecified atom stereocenters. The first-order chi connectivity index (χ1) is 9.47. The van der Waals surface area contributed by atoms with Crippen molar-refractivity contribution in [1.82, 2.24) is 15.0 Å². The van der Waals surface area contributed by atoms with Crippen LogP contribution in [0.15, 0.2) is 36.8 Å². The van der Waals surface area contributed by atoms with Gasteiger partial charge in [0, 0.05) is 35.1 Å². The Morgan fingerprint density at radius 3 is 2.55 bits per heavy atom. The fourth-order valence-electron chi connectivity index (χ4n) is 2.03. The molecule has 3 rings (SSSR count). The Kier molecular flexibility index (Phi) is 2.70. The van der Waals surface area contributed by atoms with Gasteiger partial charge in [-0.3, -0.25) is 4.98 Å². The third-order valence-corrected chi connectivity index (χ3v) is 2.87. The SMILES string of the molecule is Fc1ccc2[nH]cc(-c3nccnc3C(F)(F)F)c2c1. The summed E-state index contributed by atoms with van der Waals surface area (Å²) in [6.45, 7) is 0. The van der Waals surface area contributed by atoms with Crippen molar-refractivity contribution in [2.45, 2.75) is 6.18 Å². The number of rotatable bonds is 1. The predicted octanol–water partition coefficient (Wildman–Crippen LogP) is 3.78. The number of aromatic nitrogens is 3. The molecule has 0 amide bonds. The molecule has 7 heteroatoms. The first-order valence-corrected chi connectivity index (χ1v) is 5.62. The first kappa shape index (κ1) is 12.6. The minimum absolute atomic E-state index is 0.167. The third kappa shape index (κ3) is 2.01. The Balaban J connectivity index is 2.29. The van der Waals surface area contributed by atoms with Crippen molar-refractivity contribution >= 4 is 10.9 Å². The fraction of sp³-hybridized carbons (Fsp3) is 0.0769. The van der Waals surface area contributed by atoms with Crippen LogP contribution in [0.2, 0.25) is 0 Å². The lowest BCUT2D eigenvalue weighted by molar-refractivity contribution is -0.140. The van der Waals surface area contributed by atoms with Gasteiger partial charge in [0.15, 0.2) is 5.69 Å². The van der Waals surface area contributed by atoms with Crippen LogP contribution in [0.5, 0.6) is 0 Å². The van der Waals surface area contributed by atoms with E-state index in [1.165, 1.54) is 24.5 Å². The number of hydrogen-bond donors (Lipinski definition) is 1. The molecule has 2 heterocycles. The molecule has 1 N–H and O–H groups in total. The van der Waals surface area contributed by atoms with Crippen LogP contribution in [0.4, 0.5) is 17.6 Å². The second-order valence-corrected chi connectivity index (χ2v) is 4.14. The molecule has 1 aromatic carbocycles. The molecule has 0 aliphatic carbocycles. The zero-order valence-corrected chi connectivity index (χ0v) is 9.87. The van der Waals surface area contributed by atoms with E-state index in [2.05, 4.69) is 15.0 Å². The smallest absolute Gasteiger partial charge is 0.360 e. The molecule has 0 saturated carbocycles. The summed E-state index contributed by atoms with van der Waals surface area (Å²) in [5.74, 6) is -0.532. The van der Waals surface area contributed by atoms with Crippen LogP contribution < -0.4 is 0 Å². The van der Waals surface area contributed by atoms with Crippen LogP contribution in [-0.2, 0) is 6.18 Å². The highest BCUT2D eigenvalue weighted by Gasteiger charge is 2.36. The summed E-state index contributed by atoms with van der Waals surface area (Å²) >= 11 is 0. The van der Waals surface area contributed by atoms with Gasteiger partial charge in [0.25, 0.3) is 0 Å². The zero-order chi connectivity index (χ0) is 14.3. The van der Waals surface area contributed by atoms with E-state index in [0.29, 0.717) is 10.9 Å². The average Bonchev–Trinajstić information content (AvgIpc) is 2.80. The lowest BCUT2D eigenvalue weighted by Crippen LogP contribution is -2.10. The van der Waals surface area contributed by atoms with Crippen molar-refractivity contribution in [3.63, 3.8) is 0 Å². The minimum atomic E-state index is -4.62. The molecule has 0 aliphatic heterocycles. The molecule has 0 bridgehead atoms. The summed E-state index contributed by atoms with van der Waals surface area (Å²) < 4.78 is 52.1. The Bertz CT molecular complexity index is 777. The molecule has 0 saturated heterocycles. The molecule has 2 aromatic heterocycles. The molecule has 20 heavy (non-hydrogen) atoms. The number of nitrogens with one attached hydrogen (secondary N) is 1. The topological polar surface area (TPSA) is 41.6 Å². The molecular formula is C13H7F4N3. The largest absolute Gasteiger partial charge is 0.435 e. The second-order valence-electron chi connectivity index (χ2n) is 4.14. The zero-order valence-electron chi connectivity index (χ0n) is 9.87. The lowest BCUT2D eigenvalue weighted by Gasteiger charge is -2.09. The van der Waals surface area contributed by atoms with E-state index in [0.717, 1.165) is 12.3 Å². The van der Waals surface area contributed by atoms with E-state index in [9.17, 15) is 17.6 Å². The molecule has 3 aromatic rings. The number of halogens is 4. The van der Waals surface area contributed by atoms with Crippen molar-refractivity contribution in [2.75, 3.05) is 0 Å². The van der Waals surface area contributed by atoms with Crippen LogP contribution in [0.25, 0.3) is 22.2 Å². The highest BCUT2D eigenvalue weighted by molar-refractivity contribution is 5.95. The van der Waals surface area contributed by atoms with Gasteiger partial charge in [0.1, 0.15) is 11.5 Å². The Labute approximate surface area is 110 Å². The fourth-order valence-corrected chi connectivity index (χ4v) is 2.03. The first-order valence-electron chi connectivity index (χ1n) is 5.62.